The van der Waals surface area contributed by atoms with Crippen LogP contribution in [0.5, 0.6) is 5.75 Å². The number of nitrogens with zero attached hydrogens (tertiary/aromatic N) is 1. The molecule has 1 aliphatic heterocycles. The summed E-state index contributed by atoms with van der Waals surface area (Å²) >= 11 is 0. The normalized spacial score (nSPS) is 25.7. The molecule has 2 fully saturated rings. The maximum atomic E-state index is 11.4. The standard InChI is InChI=1S/C18H23NO3/c1-22-17-7-3-2-5-14(17)6-4-10-19-11-15(13-8-9-13)16(12-19)18(20)21/h2-7,13,15-16H,8-12H2,1H3,(H,20,21)/t15-,16+/m0/s1. The molecule has 3 rings (SSSR count). The molecule has 1 N–H and O–H groups in total. The molecule has 1 aliphatic carbocycles. The maximum absolute atomic E-state index is 11.4. The van der Waals surface area contributed by atoms with Gasteiger partial charge in [-0.2, -0.15) is 0 Å². The first-order valence-corrected chi connectivity index (χ1v) is 7.93. The predicted molar refractivity (Wildman–Crippen MR) is 85.8 cm³/mol. The van der Waals surface area contributed by atoms with Crippen LogP contribution in [0.25, 0.3) is 6.08 Å². The number of hydrogen-bond acceptors (Lipinski definition) is 3. The summed E-state index contributed by atoms with van der Waals surface area (Å²) in [5.74, 6) is 1.03. The quantitative estimate of drug-likeness (QED) is 0.878. The van der Waals surface area contributed by atoms with E-state index in [0.717, 1.165) is 24.4 Å². The smallest absolute Gasteiger partial charge is 0.308 e. The minimum Gasteiger partial charge on any atom is -0.496 e. The Morgan fingerprint density at radius 2 is 2.14 bits per heavy atom. The molecule has 2 atom stereocenters. The zero-order valence-electron chi connectivity index (χ0n) is 12.9. The molecule has 22 heavy (non-hydrogen) atoms. The third kappa shape index (κ3) is 3.33. The fourth-order valence-corrected chi connectivity index (χ4v) is 3.46. The van der Waals surface area contributed by atoms with Crippen molar-refractivity contribution in [2.75, 3.05) is 26.7 Å². The van der Waals surface area contributed by atoms with Crippen LogP contribution in [-0.4, -0.2) is 42.7 Å². The third-order valence-electron chi connectivity index (χ3n) is 4.79. The zero-order valence-corrected chi connectivity index (χ0v) is 12.9. The van der Waals surface area contributed by atoms with E-state index in [1.54, 1.807) is 7.11 Å². The van der Waals surface area contributed by atoms with E-state index < -0.39 is 5.97 Å². The van der Waals surface area contributed by atoms with Gasteiger partial charge in [-0.3, -0.25) is 9.69 Å². The lowest BCUT2D eigenvalue weighted by molar-refractivity contribution is -0.142. The fraction of sp³-hybridized carbons (Fsp3) is 0.500. The van der Waals surface area contributed by atoms with Gasteiger partial charge in [-0.15, -0.1) is 0 Å². The van der Waals surface area contributed by atoms with Gasteiger partial charge in [0, 0.05) is 25.2 Å². The third-order valence-corrected chi connectivity index (χ3v) is 4.79. The van der Waals surface area contributed by atoms with Crippen molar-refractivity contribution in [3.05, 3.63) is 35.9 Å². The molecule has 0 aromatic heterocycles. The average Bonchev–Trinajstić information content (AvgIpc) is 3.28. The Kier molecular flexibility index (Phi) is 4.48. The van der Waals surface area contributed by atoms with Crippen LogP contribution in [0.3, 0.4) is 0 Å². The van der Waals surface area contributed by atoms with Crippen molar-refractivity contribution in [2.24, 2.45) is 17.8 Å². The van der Waals surface area contributed by atoms with Gasteiger partial charge in [0.1, 0.15) is 5.75 Å². The number of methoxy groups -OCH3 is 1. The van der Waals surface area contributed by atoms with Crippen molar-refractivity contribution >= 4 is 12.0 Å². The van der Waals surface area contributed by atoms with Gasteiger partial charge in [0.15, 0.2) is 0 Å². The first-order chi connectivity index (χ1) is 10.7. The number of rotatable bonds is 6. The van der Waals surface area contributed by atoms with Gasteiger partial charge in [0.25, 0.3) is 0 Å². The van der Waals surface area contributed by atoms with Crippen LogP contribution in [0.4, 0.5) is 0 Å². The van der Waals surface area contributed by atoms with Crippen LogP contribution < -0.4 is 4.74 Å². The van der Waals surface area contributed by atoms with E-state index in [1.165, 1.54) is 12.8 Å². The number of carbonyl (C=O) groups is 1. The largest absolute Gasteiger partial charge is 0.496 e. The number of carboxylic acids is 1. The summed E-state index contributed by atoms with van der Waals surface area (Å²) in [6.07, 6.45) is 6.57. The molecule has 1 heterocycles. The van der Waals surface area contributed by atoms with Gasteiger partial charge in [0.2, 0.25) is 0 Å². The number of para-hydroxylation sites is 1. The minimum atomic E-state index is -0.631. The first kappa shape index (κ1) is 15.1. The van der Waals surface area contributed by atoms with E-state index in [0.29, 0.717) is 18.4 Å². The van der Waals surface area contributed by atoms with Gasteiger partial charge in [-0.1, -0.05) is 30.4 Å². The summed E-state index contributed by atoms with van der Waals surface area (Å²) in [5.41, 5.74) is 1.05. The molecule has 4 heteroatoms. The summed E-state index contributed by atoms with van der Waals surface area (Å²) in [6.45, 7) is 2.38. The highest BCUT2D eigenvalue weighted by molar-refractivity contribution is 5.71. The molecule has 0 unspecified atom stereocenters. The average molecular weight is 301 g/mol. The van der Waals surface area contributed by atoms with Gasteiger partial charge >= 0.3 is 5.97 Å². The van der Waals surface area contributed by atoms with Crippen LogP contribution in [-0.2, 0) is 4.79 Å². The summed E-state index contributed by atoms with van der Waals surface area (Å²) < 4.78 is 5.33. The zero-order chi connectivity index (χ0) is 15.5. The highest BCUT2D eigenvalue weighted by atomic mass is 16.5. The van der Waals surface area contributed by atoms with Crippen molar-refractivity contribution < 1.29 is 14.6 Å². The van der Waals surface area contributed by atoms with Crippen LogP contribution in [0.1, 0.15) is 18.4 Å². The van der Waals surface area contributed by atoms with Crippen LogP contribution >= 0.6 is 0 Å². The number of benzene rings is 1. The molecule has 1 aromatic rings. The van der Waals surface area contributed by atoms with Crippen LogP contribution in [0.15, 0.2) is 30.3 Å². The topological polar surface area (TPSA) is 49.8 Å². The maximum Gasteiger partial charge on any atom is 0.308 e. The molecule has 0 spiro atoms. The summed E-state index contributed by atoms with van der Waals surface area (Å²) in [4.78, 5) is 13.7. The van der Waals surface area contributed by atoms with Crippen LogP contribution in [0.2, 0.25) is 0 Å². The van der Waals surface area contributed by atoms with E-state index in [4.69, 9.17) is 4.74 Å². The van der Waals surface area contributed by atoms with Gasteiger partial charge in [-0.25, -0.2) is 0 Å². The van der Waals surface area contributed by atoms with Gasteiger partial charge in [-0.05, 0) is 30.7 Å². The second-order valence-corrected chi connectivity index (χ2v) is 6.31. The molecule has 4 nitrogen and oxygen atoms in total. The number of hydrogen-bond donors (Lipinski definition) is 1. The Morgan fingerprint density at radius 3 is 2.82 bits per heavy atom. The van der Waals surface area contributed by atoms with Gasteiger partial charge in [0.05, 0.1) is 13.0 Å². The Labute approximate surface area is 131 Å². The molecule has 0 bridgehead atoms. The van der Waals surface area contributed by atoms with Crippen molar-refractivity contribution in [1.82, 2.24) is 4.90 Å². The number of ether oxygens (including phenoxy) is 1. The van der Waals surface area contributed by atoms with Gasteiger partial charge < -0.3 is 9.84 Å². The molecule has 2 aliphatic rings. The molecule has 1 saturated heterocycles. The summed E-state index contributed by atoms with van der Waals surface area (Å²) in [6, 6.07) is 7.90. The highest BCUT2D eigenvalue weighted by Crippen LogP contribution is 2.44. The van der Waals surface area contributed by atoms with E-state index in [2.05, 4.69) is 17.1 Å². The molecule has 0 amide bonds. The molecule has 118 valence electrons. The number of likely N-dealkylation sites (tertiary alicyclic amines) is 1. The molecule has 1 saturated carbocycles. The van der Waals surface area contributed by atoms with Crippen molar-refractivity contribution in [3.8, 4) is 5.75 Å². The summed E-state index contributed by atoms with van der Waals surface area (Å²) in [7, 11) is 1.67. The summed E-state index contributed by atoms with van der Waals surface area (Å²) in [5, 5.41) is 9.39. The lowest BCUT2D eigenvalue weighted by atomic mass is 9.92. The van der Waals surface area contributed by atoms with Crippen molar-refractivity contribution in [1.29, 1.82) is 0 Å². The van der Waals surface area contributed by atoms with Crippen molar-refractivity contribution in [2.45, 2.75) is 12.8 Å². The number of aliphatic carboxylic acids is 1. The van der Waals surface area contributed by atoms with E-state index in [1.807, 2.05) is 24.3 Å². The molecule has 1 aromatic carbocycles. The highest BCUT2D eigenvalue weighted by Gasteiger charge is 2.45. The predicted octanol–water partition coefficient (Wildman–Crippen LogP) is 2.75. The monoisotopic (exact) mass is 301 g/mol. The van der Waals surface area contributed by atoms with E-state index in [9.17, 15) is 9.90 Å². The van der Waals surface area contributed by atoms with Crippen LogP contribution in [0, 0.1) is 17.8 Å². The Morgan fingerprint density at radius 1 is 1.36 bits per heavy atom. The van der Waals surface area contributed by atoms with E-state index >= 15 is 0 Å². The van der Waals surface area contributed by atoms with Crippen molar-refractivity contribution in [3.63, 3.8) is 0 Å². The molecular weight excluding hydrogens is 278 g/mol. The van der Waals surface area contributed by atoms with E-state index in [-0.39, 0.29) is 5.92 Å². The Hall–Kier alpha value is -1.81. The Bertz CT molecular complexity index is 565. The minimum absolute atomic E-state index is 0.188. The first-order valence-electron chi connectivity index (χ1n) is 7.93. The lowest BCUT2D eigenvalue weighted by Gasteiger charge is -2.13. The fourth-order valence-electron chi connectivity index (χ4n) is 3.46. The second-order valence-electron chi connectivity index (χ2n) is 6.31. The SMILES string of the molecule is COc1ccccc1C=CCN1C[C@@H](C(=O)O)[C@H](C2CC2)C1. The Balaban J connectivity index is 1.59. The lowest BCUT2D eigenvalue weighted by Crippen LogP contribution is -2.24. The molecule has 0 radical (unpaired) electrons. The number of carboxylic acid groups (broad SMARTS) is 1. The second kappa shape index (κ2) is 6.53. The molecular formula is C18H23NO3.